The quantitative estimate of drug-likeness (QED) is 0.357. The second kappa shape index (κ2) is 10.5. The maximum atomic E-state index is 11.8. The second-order valence-electron chi connectivity index (χ2n) is 7.16. The number of ether oxygens (including phenoxy) is 1. The Kier molecular flexibility index (Phi) is 9.44. The van der Waals surface area contributed by atoms with Crippen LogP contribution >= 0.6 is 24.0 Å². The van der Waals surface area contributed by atoms with Crippen LogP contribution in [0.4, 0.5) is 0 Å². The van der Waals surface area contributed by atoms with Crippen LogP contribution in [0.5, 0.6) is 0 Å². The number of morpholine rings is 1. The van der Waals surface area contributed by atoms with Gasteiger partial charge in [-0.1, -0.05) is 6.92 Å². The summed E-state index contributed by atoms with van der Waals surface area (Å²) < 4.78 is 5.44. The third kappa shape index (κ3) is 6.56. The van der Waals surface area contributed by atoms with E-state index in [9.17, 15) is 4.79 Å². The predicted octanol–water partition coefficient (Wildman–Crippen LogP) is 0.891. The lowest BCUT2D eigenvalue weighted by atomic mass is 10.0. The fraction of sp³-hybridized carbons (Fsp3) is 0.882. The number of aliphatic imine (C=N–C) groups is 1. The Morgan fingerprint density at radius 1 is 1.28 bits per heavy atom. The number of halogens is 1. The molecule has 1 unspecified atom stereocenters. The highest BCUT2D eigenvalue weighted by atomic mass is 127. The van der Waals surface area contributed by atoms with E-state index in [2.05, 4.69) is 34.4 Å². The first-order chi connectivity index (χ1) is 11.5. The Balaban J connectivity index is 0.00000312. The topological polar surface area (TPSA) is 69.2 Å². The van der Waals surface area contributed by atoms with Gasteiger partial charge in [0.1, 0.15) is 0 Å². The van der Waals surface area contributed by atoms with Crippen molar-refractivity contribution in [2.24, 2.45) is 4.99 Å². The first-order valence-corrected chi connectivity index (χ1v) is 9.04. The van der Waals surface area contributed by atoms with E-state index in [1.54, 1.807) is 7.05 Å². The SMILES string of the molecule is CCC(=O)N1CCC(NC(=NC)NCC(C)(C)N2CCOCC2)C1.I. The van der Waals surface area contributed by atoms with E-state index in [1.807, 2.05) is 11.8 Å². The molecule has 2 N–H and O–H groups in total. The molecule has 0 spiro atoms. The summed E-state index contributed by atoms with van der Waals surface area (Å²) in [6, 6.07) is 0.276. The van der Waals surface area contributed by atoms with Crippen molar-refractivity contribution in [1.29, 1.82) is 0 Å². The number of hydrogen-bond acceptors (Lipinski definition) is 4. The number of likely N-dealkylation sites (tertiary alicyclic amines) is 1. The fourth-order valence-corrected chi connectivity index (χ4v) is 3.30. The van der Waals surface area contributed by atoms with Gasteiger partial charge in [-0.3, -0.25) is 14.7 Å². The monoisotopic (exact) mass is 467 g/mol. The van der Waals surface area contributed by atoms with Crippen LogP contribution in [0.15, 0.2) is 4.99 Å². The molecule has 1 atom stereocenters. The van der Waals surface area contributed by atoms with E-state index < -0.39 is 0 Å². The molecule has 0 radical (unpaired) electrons. The number of hydrogen-bond donors (Lipinski definition) is 2. The molecule has 0 bridgehead atoms. The number of nitrogens with zero attached hydrogens (tertiary/aromatic N) is 3. The normalized spacial score (nSPS) is 22.5. The van der Waals surface area contributed by atoms with E-state index in [4.69, 9.17) is 4.74 Å². The largest absolute Gasteiger partial charge is 0.379 e. The zero-order valence-corrected chi connectivity index (χ0v) is 18.3. The lowest BCUT2D eigenvalue weighted by Gasteiger charge is -2.41. The zero-order chi connectivity index (χ0) is 17.6. The lowest BCUT2D eigenvalue weighted by molar-refractivity contribution is -0.129. The molecule has 2 aliphatic heterocycles. The van der Waals surface area contributed by atoms with Crippen molar-refractivity contribution in [2.75, 3.05) is 53.0 Å². The number of rotatable bonds is 5. The Labute approximate surface area is 169 Å². The molecule has 2 heterocycles. The van der Waals surface area contributed by atoms with Crippen LogP contribution in [0.2, 0.25) is 0 Å². The minimum atomic E-state index is 0. The number of guanidine groups is 1. The van der Waals surface area contributed by atoms with E-state index in [-0.39, 0.29) is 41.5 Å². The van der Waals surface area contributed by atoms with Crippen LogP contribution in [0.3, 0.4) is 0 Å². The smallest absolute Gasteiger partial charge is 0.222 e. The summed E-state index contributed by atoms with van der Waals surface area (Å²) in [4.78, 5) is 20.5. The third-order valence-electron chi connectivity index (χ3n) is 4.96. The molecule has 146 valence electrons. The summed E-state index contributed by atoms with van der Waals surface area (Å²) in [5.74, 6) is 1.04. The van der Waals surface area contributed by atoms with Crippen molar-refractivity contribution in [3.8, 4) is 0 Å². The van der Waals surface area contributed by atoms with Gasteiger partial charge in [-0.2, -0.15) is 0 Å². The summed E-state index contributed by atoms with van der Waals surface area (Å²) in [6.45, 7) is 12.4. The third-order valence-corrected chi connectivity index (χ3v) is 4.96. The van der Waals surface area contributed by atoms with Gasteiger partial charge in [0, 0.05) is 57.8 Å². The molecule has 0 aromatic carbocycles. The summed E-state index contributed by atoms with van der Waals surface area (Å²) in [5, 5.41) is 6.90. The molecular formula is C17H34IN5O2. The standard InChI is InChI=1S/C17H33N5O2.HI/c1-5-15(23)21-7-6-14(12-21)20-16(18-4)19-13-17(2,3)22-8-10-24-11-9-22;/h14H,5-13H2,1-4H3,(H2,18,19,20);1H. The van der Waals surface area contributed by atoms with Gasteiger partial charge in [0.05, 0.1) is 13.2 Å². The van der Waals surface area contributed by atoms with Crippen molar-refractivity contribution in [2.45, 2.75) is 45.2 Å². The molecule has 0 saturated carbocycles. The first-order valence-electron chi connectivity index (χ1n) is 9.04. The summed E-state index contributed by atoms with van der Waals surface area (Å²) in [7, 11) is 1.79. The molecule has 0 aliphatic carbocycles. The van der Waals surface area contributed by atoms with Crippen molar-refractivity contribution in [1.82, 2.24) is 20.4 Å². The van der Waals surface area contributed by atoms with E-state index >= 15 is 0 Å². The molecule has 0 aromatic heterocycles. The van der Waals surface area contributed by atoms with Gasteiger partial charge >= 0.3 is 0 Å². The van der Waals surface area contributed by atoms with Gasteiger partial charge in [0.25, 0.3) is 0 Å². The molecule has 25 heavy (non-hydrogen) atoms. The van der Waals surface area contributed by atoms with Crippen LogP contribution in [-0.2, 0) is 9.53 Å². The second-order valence-corrected chi connectivity index (χ2v) is 7.16. The average molecular weight is 467 g/mol. The molecule has 0 aromatic rings. The Morgan fingerprint density at radius 2 is 1.96 bits per heavy atom. The molecular weight excluding hydrogens is 433 g/mol. The predicted molar refractivity (Wildman–Crippen MR) is 112 cm³/mol. The maximum absolute atomic E-state index is 11.8. The number of carbonyl (C=O) groups is 1. The van der Waals surface area contributed by atoms with Crippen LogP contribution < -0.4 is 10.6 Å². The minimum absolute atomic E-state index is 0. The van der Waals surface area contributed by atoms with Crippen LogP contribution in [0.25, 0.3) is 0 Å². The molecule has 2 aliphatic rings. The minimum Gasteiger partial charge on any atom is -0.379 e. The maximum Gasteiger partial charge on any atom is 0.222 e. The van der Waals surface area contributed by atoms with Crippen LogP contribution in [-0.4, -0.2) is 86.2 Å². The molecule has 7 nitrogen and oxygen atoms in total. The molecule has 2 rings (SSSR count). The molecule has 1 amide bonds. The van der Waals surface area contributed by atoms with Gasteiger partial charge < -0.3 is 20.3 Å². The van der Waals surface area contributed by atoms with Gasteiger partial charge in [0.2, 0.25) is 5.91 Å². The summed E-state index contributed by atoms with van der Waals surface area (Å²) in [5.41, 5.74) is 0.0429. The van der Waals surface area contributed by atoms with Gasteiger partial charge in [-0.25, -0.2) is 0 Å². The first kappa shape index (κ1) is 22.4. The molecule has 8 heteroatoms. The number of nitrogens with one attached hydrogen (secondary N) is 2. The van der Waals surface area contributed by atoms with Crippen molar-refractivity contribution < 1.29 is 9.53 Å². The van der Waals surface area contributed by atoms with E-state index in [0.717, 1.165) is 58.3 Å². The highest BCUT2D eigenvalue weighted by Crippen LogP contribution is 2.15. The molecule has 2 saturated heterocycles. The fourth-order valence-electron chi connectivity index (χ4n) is 3.30. The van der Waals surface area contributed by atoms with Crippen LogP contribution in [0.1, 0.15) is 33.6 Å². The van der Waals surface area contributed by atoms with Gasteiger partial charge in [-0.15, -0.1) is 24.0 Å². The van der Waals surface area contributed by atoms with Crippen molar-refractivity contribution >= 4 is 35.8 Å². The lowest BCUT2D eigenvalue weighted by Crippen LogP contribution is -2.57. The van der Waals surface area contributed by atoms with Crippen molar-refractivity contribution in [3.05, 3.63) is 0 Å². The Bertz CT molecular complexity index is 452. The number of amides is 1. The highest BCUT2D eigenvalue weighted by molar-refractivity contribution is 14.0. The number of carbonyl (C=O) groups excluding carboxylic acids is 1. The van der Waals surface area contributed by atoms with Crippen molar-refractivity contribution in [3.63, 3.8) is 0 Å². The van der Waals surface area contributed by atoms with E-state index in [0.29, 0.717) is 6.42 Å². The Hall–Kier alpha value is -0.610. The average Bonchev–Trinajstić information content (AvgIpc) is 3.07. The Morgan fingerprint density at radius 3 is 2.56 bits per heavy atom. The summed E-state index contributed by atoms with van der Waals surface area (Å²) in [6.07, 6.45) is 1.55. The van der Waals surface area contributed by atoms with Crippen LogP contribution in [0, 0.1) is 0 Å². The van der Waals surface area contributed by atoms with Gasteiger partial charge in [-0.05, 0) is 20.3 Å². The zero-order valence-electron chi connectivity index (χ0n) is 16.0. The highest BCUT2D eigenvalue weighted by Gasteiger charge is 2.29. The summed E-state index contributed by atoms with van der Waals surface area (Å²) >= 11 is 0. The van der Waals surface area contributed by atoms with Gasteiger partial charge in [0.15, 0.2) is 5.96 Å². The van der Waals surface area contributed by atoms with E-state index in [1.165, 1.54) is 0 Å². The molecule has 2 fully saturated rings.